The van der Waals surface area contributed by atoms with E-state index in [4.69, 9.17) is 14.6 Å². The molecule has 0 aliphatic heterocycles. The Morgan fingerprint density at radius 3 is 2.71 bits per heavy atom. The Labute approximate surface area is 121 Å². The van der Waals surface area contributed by atoms with Gasteiger partial charge in [0.25, 0.3) is 10.0 Å². The van der Waals surface area contributed by atoms with Crippen molar-refractivity contribution in [3.63, 3.8) is 0 Å². The molecule has 2 aromatic rings. The molecule has 0 bridgehead atoms. The van der Waals surface area contributed by atoms with Crippen molar-refractivity contribution in [1.29, 1.82) is 0 Å². The molecule has 9 heteroatoms. The summed E-state index contributed by atoms with van der Waals surface area (Å²) < 4.78 is 37.1. The van der Waals surface area contributed by atoms with Gasteiger partial charge in [-0.05, 0) is 12.1 Å². The minimum absolute atomic E-state index is 0.176. The summed E-state index contributed by atoms with van der Waals surface area (Å²) in [7, 11) is -0.998. The van der Waals surface area contributed by atoms with Crippen molar-refractivity contribution in [2.75, 3.05) is 18.9 Å². The third-order valence-corrected chi connectivity index (χ3v) is 4.15. The van der Waals surface area contributed by atoms with Gasteiger partial charge in [-0.15, -0.1) is 0 Å². The molecule has 0 radical (unpaired) electrons. The summed E-state index contributed by atoms with van der Waals surface area (Å²) in [4.78, 5) is 0. The van der Waals surface area contributed by atoms with Gasteiger partial charge >= 0.3 is 0 Å². The molecule has 1 aromatic heterocycles. The molecular formula is C12H15N3O5S. The van der Waals surface area contributed by atoms with E-state index in [1.807, 2.05) is 0 Å². The van der Waals surface area contributed by atoms with Gasteiger partial charge in [0.15, 0.2) is 5.03 Å². The minimum atomic E-state index is -3.91. The highest BCUT2D eigenvalue weighted by Crippen LogP contribution is 2.30. The van der Waals surface area contributed by atoms with Crippen LogP contribution in [0.5, 0.6) is 11.5 Å². The van der Waals surface area contributed by atoms with Crippen LogP contribution >= 0.6 is 0 Å². The maximum Gasteiger partial charge on any atom is 0.279 e. The largest absolute Gasteiger partial charge is 0.497 e. The molecule has 0 aliphatic carbocycles. The van der Waals surface area contributed by atoms with E-state index in [1.54, 1.807) is 12.1 Å². The fourth-order valence-electron chi connectivity index (χ4n) is 1.72. The molecule has 3 N–H and O–H groups in total. The first kappa shape index (κ1) is 15.1. The number of benzene rings is 1. The third kappa shape index (κ3) is 3.09. The van der Waals surface area contributed by atoms with Crippen molar-refractivity contribution >= 4 is 15.7 Å². The predicted molar refractivity (Wildman–Crippen MR) is 74.9 cm³/mol. The molecule has 1 aromatic carbocycles. The van der Waals surface area contributed by atoms with Crippen molar-refractivity contribution in [2.45, 2.75) is 11.6 Å². The summed E-state index contributed by atoms with van der Waals surface area (Å²) in [6.45, 7) is -0.438. The van der Waals surface area contributed by atoms with Crippen LogP contribution in [-0.4, -0.2) is 37.9 Å². The van der Waals surface area contributed by atoms with Crippen molar-refractivity contribution in [3.05, 3.63) is 30.0 Å². The topological polar surface area (TPSA) is 114 Å². The number of hydrogen-bond donors (Lipinski definition) is 3. The first-order chi connectivity index (χ1) is 10.0. The van der Waals surface area contributed by atoms with Gasteiger partial charge in [-0.3, -0.25) is 9.82 Å². The average molecular weight is 313 g/mol. The van der Waals surface area contributed by atoms with Crippen LogP contribution < -0.4 is 14.2 Å². The Hall–Kier alpha value is -2.26. The number of aromatic amines is 1. The smallest absolute Gasteiger partial charge is 0.279 e. The van der Waals surface area contributed by atoms with E-state index in [9.17, 15) is 8.42 Å². The Balaban J connectivity index is 2.37. The number of rotatable bonds is 6. The lowest BCUT2D eigenvalue weighted by atomic mass is 10.3. The van der Waals surface area contributed by atoms with E-state index >= 15 is 0 Å². The number of ether oxygens (including phenoxy) is 2. The van der Waals surface area contributed by atoms with Crippen LogP contribution in [0.15, 0.2) is 29.4 Å². The molecule has 0 aliphatic rings. The highest BCUT2D eigenvalue weighted by molar-refractivity contribution is 7.92. The standard InChI is InChI=1S/C12H15N3O5S/c1-19-9-3-4-10(11(5-9)20-2)15-21(17,18)12-8(7-16)6-13-14-12/h3-6,15-16H,7H2,1-2H3,(H,13,14). The summed E-state index contributed by atoms with van der Waals surface area (Å²) in [5, 5.41) is 14.9. The Kier molecular flexibility index (Phi) is 4.34. The molecule has 2 rings (SSSR count). The van der Waals surface area contributed by atoms with Crippen molar-refractivity contribution in [2.24, 2.45) is 0 Å². The van der Waals surface area contributed by atoms with Crippen LogP contribution in [0.4, 0.5) is 5.69 Å². The van der Waals surface area contributed by atoms with Gasteiger partial charge in [-0.2, -0.15) is 13.5 Å². The molecule has 114 valence electrons. The van der Waals surface area contributed by atoms with Crippen LogP contribution in [0, 0.1) is 0 Å². The fraction of sp³-hybridized carbons (Fsp3) is 0.250. The number of nitrogens with one attached hydrogen (secondary N) is 2. The number of methoxy groups -OCH3 is 2. The van der Waals surface area contributed by atoms with Crippen LogP contribution in [0.1, 0.15) is 5.56 Å². The summed E-state index contributed by atoms with van der Waals surface area (Å²) in [5.41, 5.74) is 0.423. The second-order valence-corrected chi connectivity index (χ2v) is 5.67. The number of aromatic nitrogens is 2. The first-order valence-corrected chi connectivity index (χ1v) is 7.38. The molecule has 0 fully saturated rings. The maximum atomic E-state index is 12.3. The SMILES string of the molecule is COc1ccc(NS(=O)(=O)c2[nH]ncc2CO)c(OC)c1. The van der Waals surface area contributed by atoms with Gasteiger partial charge in [0.05, 0.1) is 32.7 Å². The van der Waals surface area contributed by atoms with E-state index in [-0.39, 0.29) is 16.3 Å². The zero-order chi connectivity index (χ0) is 15.5. The van der Waals surface area contributed by atoms with Crippen LogP contribution in [0.3, 0.4) is 0 Å². The van der Waals surface area contributed by atoms with Crippen LogP contribution in [-0.2, 0) is 16.6 Å². The zero-order valence-electron chi connectivity index (χ0n) is 11.5. The molecule has 0 saturated carbocycles. The van der Waals surface area contributed by atoms with Gasteiger partial charge < -0.3 is 14.6 Å². The van der Waals surface area contributed by atoms with Crippen LogP contribution in [0.2, 0.25) is 0 Å². The van der Waals surface area contributed by atoms with Gasteiger partial charge in [-0.25, -0.2) is 0 Å². The normalized spacial score (nSPS) is 11.2. The van der Waals surface area contributed by atoms with Crippen LogP contribution in [0.25, 0.3) is 0 Å². The molecule has 0 saturated heterocycles. The second-order valence-electron chi connectivity index (χ2n) is 4.05. The number of nitrogens with zero attached hydrogens (tertiary/aromatic N) is 1. The number of aliphatic hydroxyl groups excluding tert-OH is 1. The third-order valence-electron chi connectivity index (χ3n) is 2.77. The Morgan fingerprint density at radius 2 is 2.10 bits per heavy atom. The Bertz CT molecular complexity index is 726. The predicted octanol–water partition coefficient (Wildman–Crippen LogP) is 0.720. The van der Waals surface area contributed by atoms with E-state index < -0.39 is 16.6 Å². The summed E-state index contributed by atoms with van der Waals surface area (Å²) >= 11 is 0. The molecule has 8 nitrogen and oxygen atoms in total. The quantitative estimate of drug-likeness (QED) is 0.724. The molecule has 0 amide bonds. The zero-order valence-corrected chi connectivity index (χ0v) is 12.3. The highest BCUT2D eigenvalue weighted by Gasteiger charge is 2.22. The van der Waals surface area contributed by atoms with Gasteiger partial charge in [-0.1, -0.05) is 0 Å². The van der Waals surface area contributed by atoms with E-state index in [1.165, 1.54) is 26.5 Å². The summed E-state index contributed by atoms with van der Waals surface area (Å²) in [5.74, 6) is 0.843. The van der Waals surface area contributed by atoms with Gasteiger partial charge in [0, 0.05) is 11.6 Å². The fourth-order valence-corrected chi connectivity index (χ4v) is 2.92. The lowest BCUT2D eigenvalue weighted by molar-refractivity contribution is 0.278. The van der Waals surface area contributed by atoms with Crippen molar-refractivity contribution in [1.82, 2.24) is 10.2 Å². The number of hydrogen-bond acceptors (Lipinski definition) is 6. The summed E-state index contributed by atoms with van der Waals surface area (Å²) in [6, 6.07) is 4.67. The van der Waals surface area contributed by atoms with E-state index in [0.717, 1.165) is 0 Å². The number of sulfonamides is 1. The second kappa shape index (κ2) is 6.02. The van der Waals surface area contributed by atoms with Gasteiger partial charge in [0.2, 0.25) is 0 Å². The molecule has 0 atom stereocenters. The number of aliphatic hydroxyl groups is 1. The monoisotopic (exact) mass is 313 g/mol. The van der Waals surface area contributed by atoms with E-state index in [2.05, 4.69) is 14.9 Å². The summed E-state index contributed by atoms with van der Waals surface area (Å²) in [6.07, 6.45) is 1.25. The first-order valence-electron chi connectivity index (χ1n) is 5.89. The molecule has 0 unspecified atom stereocenters. The van der Waals surface area contributed by atoms with Crippen molar-refractivity contribution in [3.8, 4) is 11.5 Å². The molecule has 1 heterocycles. The number of H-pyrrole nitrogens is 1. The average Bonchev–Trinajstić information content (AvgIpc) is 2.96. The lowest BCUT2D eigenvalue weighted by Gasteiger charge is -2.12. The molecular weight excluding hydrogens is 298 g/mol. The van der Waals surface area contributed by atoms with Crippen molar-refractivity contribution < 1.29 is 23.0 Å². The molecule has 21 heavy (non-hydrogen) atoms. The molecule has 0 spiro atoms. The minimum Gasteiger partial charge on any atom is -0.497 e. The highest BCUT2D eigenvalue weighted by atomic mass is 32.2. The lowest BCUT2D eigenvalue weighted by Crippen LogP contribution is -2.15. The number of anilines is 1. The van der Waals surface area contributed by atoms with Gasteiger partial charge in [0.1, 0.15) is 11.5 Å². The maximum absolute atomic E-state index is 12.3. The Morgan fingerprint density at radius 1 is 1.33 bits per heavy atom. The van der Waals surface area contributed by atoms with E-state index in [0.29, 0.717) is 11.5 Å².